The molecule has 1 aliphatic carbocycles. The number of hydrogen-bond acceptors (Lipinski definition) is 2. The van der Waals surface area contributed by atoms with E-state index in [9.17, 15) is 4.39 Å². The molecule has 1 aromatic carbocycles. The fourth-order valence-electron chi connectivity index (χ4n) is 2.80. The normalized spacial score (nSPS) is 24.6. The van der Waals surface area contributed by atoms with Gasteiger partial charge in [0.2, 0.25) is 0 Å². The smallest absolute Gasteiger partial charge is 0.146 e. The quantitative estimate of drug-likeness (QED) is 0.874. The molecule has 2 N–H and O–H groups in total. The maximum absolute atomic E-state index is 13.8. The zero-order valence-electron chi connectivity index (χ0n) is 10.4. The van der Waals surface area contributed by atoms with E-state index in [-0.39, 0.29) is 17.9 Å². The minimum Gasteiger partial charge on any atom is -0.365 e. The Kier molecular flexibility index (Phi) is 4.00. The molecule has 2 unspecified atom stereocenters. The van der Waals surface area contributed by atoms with Gasteiger partial charge in [-0.3, -0.25) is 0 Å². The van der Waals surface area contributed by atoms with Crippen molar-refractivity contribution in [3.05, 3.63) is 30.1 Å². The molecule has 94 valence electrons. The average Bonchev–Trinajstić information content (AvgIpc) is 2.34. The third kappa shape index (κ3) is 2.60. The lowest BCUT2D eigenvalue weighted by atomic mass is 9.89. The Morgan fingerprint density at radius 2 is 2.00 bits per heavy atom. The number of halogens is 1. The summed E-state index contributed by atoms with van der Waals surface area (Å²) in [5.74, 6) is -0.146. The van der Waals surface area contributed by atoms with Crippen LogP contribution in [0.15, 0.2) is 24.3 Å². The average molecular weight is 236 g/mol. The lowest BCUT2D eigenvalue weighted by molar-refractivity contribution is 0.364. The predicted octanol–water partition coefficient (Wildman–Crippen LogP) is 2.92. The molecule has 0 aliphatic heterocycles. The van der Waals surface area contributed by atoms with Crippen molar-refractivity contribution in [2.75, 3.05) is 11.4 Å². The lowest BCUT2D eigenvalue weighted by Crippen LogP contribution is -2.50. The van der Waals surface area contributed by atoms with Gasteiger partial charge < -0.3 is 10.6 Å². The second-order valence-electron chi connectivity index (χ2n) is 4.75. The van der Waals surface area contributed by atoms with E-state index >= 15 is 0 Å². The van der Waals surface area contributed by atoms with Crippen molar-refractivity contribution < 1.29 is 4.39 Å². The van der Waals surface area contributed by atoms with Crippen LogP contribution in [0.1, 0.15) is 32.6 Å². The highest BCUT2D eigenvalue weighted by Crippen LogP contribution is 2.28. The maximum Gasteiger partial charge on any atom is 0.146 e. The molecule has 1 aromatic rings. The number of nitrogens with two attached hydrogens (primary N) is 1. The molecule has 0 bridgehead atoms. The first-order valence-electron chi connectivity index (χ1n) is 6.50. The highest BCUT2D eigenvalue weighted by Gasteiger charge is 2.28. The Morgan fingerprint density at radius 1 is 1.29 bits per heavy atom. The van der Waals surface area contributed by atoms with Gasteiger partial charge in [0.1, 0.15) is 5.82 Å². The summed E-state index contributed by atoms with van der Waals surface area (Å²) in [5.41, 5.74) is 6.87. The first-order valence-corrected chi connectivity index (χ1v) is 6.50. The largest absolute Gasteiger partial charge is 0.365 e. The lowest BCUT2D eigenvalue weighted by Gasteiger charge is -2.39. The van der Waals surface area contributed by atoms with Crippen LogP contribution >= 0.6 is 0 Å². The SMILES string of the molecule is CCN(c1ccccc1F)C1CCCCC1N. The predicted molar refractivity (Wildman–Crippen MR) is 69.7 cm³/mol. The van der Waals surface area contributed by atoms with Gasteiger partial charge in [-0.2, -0.15) is 0 Å². The van der Waals surface area contributed by atoms with Crippen LogP contribution in [0.2, 0.25) is 0 Å². The van der Waals surface area contributed by atoms with Crippen molar-refractivity contribution in [2.45, 2.75) is 44.7 Å². The second-order valence-corrected chi connectivity index (χ2v) is 4.75. The van der Waals surface area contributed by atoms with Crippen molar-refractivity contribution in [3.8, 4) is 0 Å². The van der Waals surface area contributed by atoms with Gasteiger partial charge in [-0.15, -0.1) is 0 Å². The van der Waals surface area contributed by atoms with Gasteiger partial charge in [0.25, 0.3) is 0 Å². The van der Waals surface area contributed by atoms with E-state index in [1.807, 2.05) is 12.1 Å². The van der Waals surface area contributed by atoms with E-state index in [0.29, 0.717) is 5.69 Å². The summed E-state index contributed by atoms with van der Waals surface area (Å²) in [6, 6.07) is 7.43. The number of anilines is 1. The summed E-state index contributed by atoms with van der Waals surface area (Å²) < 4.78 is 13.8. The number of benzene rings is 1. The highest BCUT2D eigenvalue weighted by atomic mass is 19.1. The molecule has 0 heterocycles. The van der Waals surface area contributed by atoms with Crippen LogP contribution in [0, 0.1) is 5.82 Å². The summed E-state index contributed by atoms with van der Waals surface area (Å²) in [4.78, 5) is 2.12. The molecule has 1 saturated carbocycles. The molecule has 2 atom stereocenters. The molecule has 0 radical (unpaired) electrons. The van der Waals surface area contributed by atoms with E-state index in [2.05, 4.69) is 11.8 Å². The van der Waals surface area contributed by atoms with Crippen LogP contribution in [-0.2, 0) is 0 Å². The first-order chi connectivity index (χ1) is 8.24. The van der Waals surface area contributed by atoms with Crippen LogP contribution in [0.4, 0.5) is 10.1 Å². The number of rotatable bonds is 3. The van der Waals surface area contributed by atoms with Gasteiger partial charge in [0.05, 0.1) is 5.69 Å². The van der Waals surface area contributed by atoms with E-state index in [4.69, 9.17) is 5.73 Å². The van der Waals surface area contributed by atoms with E-state index in [0.717, 1.165) is 19.4 Å². The first kappa shape index (κ1) is 12.4. The molecule has 2 nitrogen and oxygen atoms in total. The third-order valence-corrected chi connectivity index (χ3v) is 3.68. The maximum atomic E-state index is 13.8. The molecular weight excluding hydrogens is 215 g/mol. The van der Waals surface area contributed by atoms with Gasteiger partial charge in [-0.05, 0) is 31.9 Å². The standard InChI is InChI=1S/C14H21FN2/c1-2-17(13-9-5-3-7-11(13)15)14-10-6-4-8-12(14)16/h3,5,7,9,12,14H,2,4,6,8,10,16H2,1H3. The molecular formula is C14H21FN2. The summed E-state index contributed by atoms with van der Waals surface area (Å²) >= 11 is 0. The van der Waals surface area contributed by atoms with Crippen LogP contribution in [-0.4, -0.2) is 18.6 Å². The molecule has 0 saturated heterocycles. The summed E-state index contributed by atoms with van der Waals surface area (Å²) in [7, 11) is 0. The van der Waals surface area contributed by atoms with E-state index in [1.165, 1.54) is 18.9 Å². The minimum absolute atomic E-state index is 0.146. The summed E-state index contributed by atoms with van der Waals surface area (Å²) in [6.45, 7) is 2.87. The molecule has 1 aliphatic rings. The monoisotopic (exact) mass is 236 g/mol. The Bertz CT molecular complexity index is 367. The molecule has 2 rings (SSSR count). The Morgan fingerprint density at radius 3 is 2.65 bits per heavy atom. The third-order valence-electron chi connectivity index (χ3n) is 3.68. The van der Waals surface area contributed by atoms with Gasteiger partial charge in [-0.1, -0.05) is 25.0 Å². The van der Waals surface area contributed by atoms with E-state index in [1.54, 1.807) is 6.07 Å². The van der Waals surface area contributed by atoms with Crippen LogP contribution < -0.4 is 10.6 Å². The number of likely N-dealkylation sites (N-methyl/N-ethyl adjacent to an activating group) is 1. The van der Waals surface area contributed by atoms with Crippen molar-refractivity contribution >= 4 is 5.69 Å². The summed E-state index contributed by atoms with van der Waals surface area (Å²) in [6.07, 6.45) is 4.52. The van der Waals surface area contributed by atoms with Gasteiger partial charge in [0.15, 0.2) is 0 Å². The molecule has 0 aromatic heterocycles. The topological polar surface area (TPSA) is 29.3 Å². The van der Waals surface area contributed by atoms with Gasteiger partial charge in [-0.25, -0.2) is 4.39 Å². The fraction of sp³-hybridized carbons (Fsp3) is 0.571. The van der Waals surface area contributed by atoms with Crippen molar-refractivity contribution in [2.24, 2.45) is 5.73 Å². The number of hydrogen-bond donors (Lipinski definition) is 1. The number of nitrogens with zero attached hydrogens (tertiary/aromatic N) is 1. The second kappa shape index (κ2) is 5.50. The van der Waals surface area contributed by atoms with Crippen molar-refractivity contribution in [3.63, 3.8) is 0 Å². The zero-order chi connectivity index (χ0) is 12.3. The van der Waals surface area contributed by atoms with Crippen molar-refractivity contribution in [1.29, 1.82) is 0 Å². The molecule has 17 heavy (non-hydrogen) atoms. The van der Waals surface area contributed by atoms with Gasteiger partial charge in [0, 0.05) is 18.6 Å². The Balaban J connectivity index is 2.23. The zero-order valence-corrected chi connectivity index (χ0v) is 10.4. The fourth-order valence-corrected chi connectivity index (χ4v) is 2.80. The molecule has 0 spiro atoms. The summed E-state index contributed by atoms with van der Waals surface area (Å²) in [5, 5.41) is 0. The Labute approximate surface area is 103 Å². The van der Waals surface area contributed by atoms with Crippen molar-refractivity contribution in [1.82, 2.24) is 0 Å². The van der Waals surface area contributed by atoms with Crippen LogP contribution in [0.3, 0.4) is 0 Å². The number of para-hydroxylation sites is 1. The minimum atomic E-state index is -0.146. The molecule has 3 heteroatoms. The Hall–Kier alpha value is -1.09. The molecule has 0 amide bonds. The van der Waals surface area contributed by atoms with Crippen LogP contribution in [0.5, 0.6) is 0 Å². The highest BCUT2D eigenvalue weighted by molar-refractivity contribution is 5.49. The van der Waals surface area contributed by atoms with Gasteiger partial charge >= 0.3 is 0 Å². The van der Waals surface area contributed by atoms with Crippen LogP contribution in [0.25, 0.3) is 0 Å². The van der Waals surface area contributed by atoms with E-state index < -0.39 is 0 Å². The molecule has 1 fully saturated rings.